The Labute approximate surface area is 117 Å². The number of hydrogen-bond donors (Lipinski definition) is 1. The Morgan fingerprint density at radius 1 is 1.05 bits per heavy atom. The molecule has 1 heterocycles. The van der Waals surface area contributed by atoms with E-state index in [4.69, 9.17) is 0 Å². The minimum absolute atomic E-state index is 0.00191. The van der Waals surface area contributed by atoms with E-state index in [9.17, 15) is 4.79 Å². The van der Waals surface area contributed by atoms with Gasteiger partial charge in [0, 0.05) is 0 Å². The molecule has 0 saturated carbocycles. The molecule has 2 aromatic rings. The zero-order chi connectivity index (χ0) is 13.9. The van der Waals surface area contributed by atoms with E-state index >= 15 is 0 Å². The number of aliphatic imine (C=N–C) groups is 1. The predicted molar refractivity (Wildman–Crippen MR) is 80.0 cm³/mol. The highest BCUT2D eigenvalue weighted by Gasteiger charge is 2.26. The smallest absolute Gasteiger partial charge is 0.253 e. The summed E-state index contributed by atoms with van der Waals surface area (Å²) in [5.74, 6) is 0.671. The van der Waals surface area contributed by atoms with Crippen LogP contribution in [0.4, 0.5) is 11.4 Å². The van der Waals surface area contributed by atoms with Crippen molar-refractivity contribution in [2.24, 2.45) is 4.99 Å². The van der Waals surface area contributed by atoms with Crippen LogP contribution in [-0.4, -0.2) is 11.7 Å². The molecule has 0 atom stereocenters. The lowest BCUT2D eigenvalue weighted by Gasteiger charge is -2.15. The lowest BCUT2D eigenvalue weighted by molar-refractivity contribution is -0.116. The van der Waals surface area contributed by atoms with Crippen LogP contribution in [-0.2, 0) is 4.79 Å². The number of para-hydroxylation sites is 1. The largest absolute Gasteiger partial charge is 0.278 e. The number of carbonyl (C=O) groups is 1. The Hall–Kier alpha value is -2.62. The number of rotatable bonds is 2. The lowest BCUT2D eigenvalue weighted by Crippen LogP contribution is -2.35. The molecule has 0 spiro atoms. The molecule has 0 aromatic heterocycles. The Bertz CT molecular complexity index is 647. The molecule has 4 heteroatoms. The van der Waals surface area contributed by atoms with Crippen molar-refractivity contribution >= 4 is 23.1 Å². The monoisotopic (exact) mass is 265 g/mol. The third-order valence-electron chi connectivity index (χ3n) is 3.12. The van der Waals surface area contributed by atoms with E-state index in [2.05, 4.69) is 10.4 Å². The summed E-state index contributed by atoms with van der Waals surface area (Å²) in [6, 6.07) is 17.4. The first-order valence-corrected chi connectivity index (χ1v) is 6.51. The molecule has 3 rings (SSSR count). The molecule has 1 amide bonds. The van der Waals surface area contributed by atoms with Crippen molar-refractivity contribution < 1.29 is 4.79 Å². The molecule has 4 nitrogen and oxygen atoms in total. The Balaban J connectivity index is 1.81. The maximum atomic E-state index is 12.0. The minimum atomic E-state index is 0.00191. The molecule has 20 heavy (non-hydrogen) atoms. The number of benzene rings is 2. The first kappa shape index (κ1) is 12.4. The van der Waals surface area contributed by atoms with Gasteiger partial charge in [0.15, 0.2) is 0 Å². The Morgan fingerprint density at radius 3 is 2.45 bits per heavy atom. The van der Waals surface area contributed by atoms with E-state index in [0.29, 0.717) is 12.3 Å². The molecule has 2 aromatic carbocycles. The predicted octanol–water partition coefficient (Wildman–Crippen LogP) is 2.97. The number of amides is 1. The van der Waals surface area contributed by atoms with Crippen molar-refractivity contribution in [1.29, 1.82) is 0 Å². The average Bonchev–Trinajstić information content (AvgIpc) is 2.83. The average molecular weight is 265 g/mol. The molecule has 1 fully saturated rings. The summed E-state index contributed by atoms with van der Waals surface area (Å²) in [7, 11) is 0. The van der Waals surface area contributed by atoms with E-state index in [1.807, 2.05) is 61.5 Å². The van der Waals surface area contributed by atoms with Crippen LogP contribution < -0.4 is 10.4 Å². The number of hydrogen-bond acceptors (Lipinski definition) is 2. The van der Waals surface area contributed by atoms with Gasteiger partial charge >= 0.3 is 0 Å². The van der Waals surface area contributed by atoms with Crippen molar-refractivity contribution in [3.05, 3.63) is 60.2 Å². The van der Waals surface area contributed by atoms with E-state index < -0.39 is 0 Å². The lowest BCUT2D eigenvalue weighted by atomic mass is 10.2. The first-order valence-electron chi connectivity index (χ1n) is 6.51. The molecular formula is C16H15N3O. The van der Waals surface area contributed by atoms with Crippen LogP contribution in [0.1, 0.15) is 12.0 Å². The number of nitrogens with one attached hydrogen (secondary N) is 1. The molecule has 0 aliphatic carbocycles. The maximum absolute atomic E-state index is 12.0. The van der Waals surface area contributed by atoms with Gasteiger partial charge in [-0.05, 0) is 31.2 Å². The van der Waals surface area contributed by atoms with Gasteiger partial charge in [0.05, 0.1) is 17.8 Å². The Morgan fingerprint density at radius 2 is 1.75 bits per heavy atom. The zero-order valence-electron chi connectivity index (χ0n) is 11.2. The highest BCUT2D eigenvalue weighted by Crippen LogP contribution is 2.19. The highest BCUT2D eigenvalue weighted by molar-refractivity contribution is 6.14. The summed E-state index contributed by atoms with van der Waals surface area (Å²) < 4.78 is 0. The van der Waals surface area contributed by atoms with Crippen LogP contribution in [0.15, 0.2) is 59.6 Å². The van der Waals surface area contributed by atoms with Crippen molar-refractivity contribution in [1.82, 2.24) is 5.43 Å². The number of hydrazine groups is 1. The Kier molecular flexibility index (Phi) is 3.21. The molecule has 0 radical (unpaired) electrons. The number of aryl methyl sites for hydroxylation is 1. The third-order valence-corrected chi connectivity index (χ3v) is 3.12. The fourth-order valence-corrected chi connectivity index (χ4v) is 2.08. The molecule has 1 aliphatic rings. The van der Waals surface area contributed by atoms with Crippen LogP contribution >= 0.6 is 0 Å². The van der Waals surface area contributed by atoms with Crippen LogP contribution in [0, 0.1) is 6.92 Å². The summed E-state index contributed by atoms with van der Waals surface area (Å²) in [6.45, 7) is 2.03. The second kappa shape index (κ2) is 5.17. The van der Waals surface area contributed by atoms with Crippen LogP contribution in [0.2, 0.25) is 0 Å². The van der Waals surface area contributed by atoms with Crippen LogP contribution in [0.3, 0.4) is 0 Å². The van der Waals surface area contributed by atoms with Gasteiger partial charge in [0.2, 0.25) is 0 Å². The van der Waals surface area contributed by atoms with Gasteiger partial charge in [-0.25, -0.2) is 10.0 Å². The molecule has 1 N–H and O–H groups in total. The highest BCUT2D eigenvalue weighted by atomic mass is 16.2. The third kappa shape index (κ3) is 2.54. The van der Waals surface area contributed by atoms with Crippen molar-refractivity contribution in [3.63, 3.8) is 0 Å². The number of carbonyl (C=O) groups excluding carboxylic acids is 1. The SMILES string of the molecule is Cc1ccc(N=C2CC(=O)N(c3ccccc3)N2)cc1. The number of nitrogens with zero attached hydrogens (tertiary/aromatic N) is 2. The number of anilines is 1. The minimum Gasteiger partial charge on any atom is -0.278 e. The van der Waals surface area contributed by atoms with Gasteiger partial charge < -0.3 is 0 Å². The fraction of sp³-hybridized carbons (Fsp3) is 0.125. The molecule has 0 bridgehead atoms. The van der Waals surface area contributed by atoms with E-state index in [1.165, 1.54) is 10.6 Å². The normalized spacial score (nSPS) is 16.6. The van der Waals surface area contributed by atoms with Gasteiger partial charge in [-0.1, -0.05) is 35.9 Å². The van der Waals surface area contributed by atoms with Gasteiger partial charge in [-0.2, -0.15) is 0 Å². The summed E-state index contributed by atoms with van der Waals surface area (Å²) in [5, 5.41) is 1.53. The van der Waals surface area contributed by atoms with E-state index in [1.54, 1.807) is 0 Å². The summed E-state index contributed by atoms with van der Waals surface area (Å²) in [6.07, 6.45) is 0.294. The zero-order valence-corrected chi connectivity index (χ0v) is 11.2. The van der Waals surface area contributed by atoms with Gasteiger partial charge in [0.25, 0.3) is 5.91 Å². The van der Waals surface area contributed by atoms with E-state index in [0.717, 1.165) is 11.4 Å². The second-order valence-corrected chi connectivity index (χ2v) is 4.75. The first-order chi connectivity index (χ1) is 9.72. The standard InChI is InChI=1S/C16H15N3O/c1-12-7-9-13(10-8-12)17-15-11-16(20)19(18-15)14-5-3-2-4-6-14/h2-10H,11H2,1H3,(H,17,18). The van der Waals surface area contributed by atoms with Gasteiger partial charge in [-0.3, -0.25) is 10.2 Å². The van der Waals surface area contributed by atoms with Gasteiger partial charge in [-0.15, -0.1) is 0 Å². The van der Waals surface area contributed by atoms with Crippen LogP contribution in [0.5, 0.6) is 0 Å². The second-order valence-electron chi connectivity index (χ2n) is 4.75. The summed E-state index contributed by atoms with van der Waals surface area (Å²) in [4.78, 5) is 16.5. The van der Waals surface area contributed by atoms with Gasteiger partial charge in [0.1, 0.15) is 5.84 Å². The fourth-order valence-electron chi connectivity index (χ4n) is 2.08. The summed E-state index contributed by atoms with van der Waals surface area (Å²) in [5.41, 5.74) is 5.92. The molecule has 100 valence electrons. The molecule has 1 aliphatic heterocycles. The summed E-state index contributed by atoms with van der Waals surface area (Å²) >= 11 is 0. The quantitative estimate of drug-likeness (QED) is 0.907. The maximum Gasteiger partial charge on any atom is 0.253 e. The molecule has 0 unspecified atom stereocenters. The topological polar surface area (TPSA) is 44.7 Å². The van der Waals surface area contributed by atoms with Crippen LogP contribution in [0.25, 0.3) is 0 Å². The van der Waals surface area contributed by atoms with E-state index in [-0.39, 0.29) is 5.91 Å². The van der Waals surface area contributed by atoms with Crippen molar-refractivity contribution in [2.45, 2.75) is 13.3 Å². The number of amidine groups is 1. The van der Waals surface area contributed by atoms with Crippen molar-refractivity contribution in [3.8, 4) is 0 Å². The molecule has 1 saturated heterocycles. The molecular weight excluding hydrogens is 250 g/mol. The van der Waals surface area contributed by atoms with Crippen molar-refractivity contribution in [2.75, 3.05) is 5.01 Å².